The van der Waals surface area contributed by atoms with Crippen LogP contribution in [0.2, 0.25) is 0 Å². The Morgan fingerprint density at radius 2 is 2.28 bits per heavy atom. The van der Waals surface area contributed by atoms with Gasteiger partial charge >= 0.3 is 0 Å². The van der Waals surface area contributed by atoms with E-state index in [0.29, 0.717) is 11.5 Å². The second kappa shape index (κ2) is 4.46. The fourth-order valence-corrected chi connectivity index (χ4v) is 4.01. The van der Waals surface area contributed by atoms with E-state index in [4.69, 9.17) is 4.74 Å². The van der Waals surface area contributed by atoms with Gasteiger partial charge in [-0.3, -0.25) is 0 Å². The summed E-state index contributed by atoms with van der Waals surface area (Å²) in [6, 6.07) is 4.03. The van der Waals surface area contributed by atoms with Crippen LogP contribution in [0.15, 0.2) is 16.7 Å². The van der Waals surface area contributed by atoms with Gasteiger partial charge in [0.05, 0.1) is 5.69 Å². The third-order valence-electron chi connectivity index (χ3n) is 4.54. The van der Waals surface area contributed by atoms with Gasteiger partial charge < -0.3 is 9.64 Å². The highest BCUT2D eigenvalue weighted by Gasteiger charge is 2.51. The zero-order valence-corrected chi connectivity index (χ0v) is 13.4. The van der Waals surface area contributed by atoms with E-state index in [2.05, 4.69) is 31.9 Å². The fourth-order valence-electron chi connectivity index (χ4n) is 3.67. The van der Waals surface area contributed by atoms with Crippen LogP contribution in [0.4, 0.5) is 0 Å². The molecule has 2 saturated heterocycles. The Labute approximate surface area is 126 Å². The van der Waals surface area contributed by atoms with Gasteiger partial charge in [0.15, 0.2) is 0 Å². The van der Waals surface area contributed by atoms with Gasteiger partial charge in [0, 0.05) is 24.9 Å². The zero-order chi connectivity index (χ0) is 11.5. The van der Waals surface area contributed by atoms with E-state index in [1.165, 1.54) is 32.5 Å². The van der Waals surface area contributed by atoms with Crippen molar-refractivity contribution in [1.82, 2.24) is 9.88 Å². The van der Waals surface area contributed by atoms with Gasteiger partial charge in [0.2, 0.25) is 0 Å². The molecule has 1 aromatic heterocycles. The Bertz CT molecular complexity index is 482. The summed E-state index contributed by atoms with van der Waals surface area (Å²) in [5, 5.41) is 0. The highest BCUT2D eigenvalue weighted by Crippen LogP contribution is 2.48. The minimum atomic E-state index is 0. The van der Waals surface area contributed by atoms with Gasteiger partial charge in [-0.05, 0) is 47.4 Å². The minimum absolute atomic E-state index is 0. The number of piperidine rings is 1. The number of hydrogen-bond acceptors (Lipinski definition) is 3. The molecular formula is C13H16Br2N2O. The van der Waals surface area contributed by atoms with Crippen molar-refractivity contribution < 1.29 is 4.74 Å². The lowest BCUT2D eigenvalue weighted by Gasteiger charge is -2.44. The summed E-state index contributed by atoms with van der Waals surface area (Å²) in [6.45, 7) is 3.64. The van der Waals surface area contributed by atoms with Crippen molar-refractivity contribution in [3.63, 3.8) is 0 Å². The van der Waals surface area contributed by atoms with Crippen LogP contribution in [-0.4, -0.2) is 35.6 Å². The summed E-state index contributed by atoms with van der Waals surface area (Å²) in [4.78, 5) is 7.16. The number of fused-ring (bicyclic) bond motifs is 2. The summed E-state index contributed by atoms with van der Waals surface area (Å²) < 4.78 is 7.12. The molecule has 4 rings (SSSR count). The standard InChI is InChI=1S/C13H15BrN2O.BrH/c14-12-2-1-10-9(15-12)7-13-4-6-16(8-13)5-3-11(13)17-10;/h1-2,11H,3-8H2;1H/t11?,13-;/m1./s1. The third kappa shape index (κ3) is 1.82. The van der Waals surface area contributed by atoms with Crippen molar-refractivity contribution in [2.24, 2.45) is 5.41 Å². The van der Waals surface area contributed by atoms with E-state index in [1.54, 1.807) is 0 Å². The molecule has 2 fully saturated rings. The SMILES string of the molecule is Br.Brc1ccc2c(n1)C[C@@]13CC[N@](CCC1O2)C3. The lowest BCUT2D eigenvalue weighted by molar-refractivity contribution is -0.00199. The first-order valence-corrected chi connectivity index (χ1v) is 7.09. The topological polar surface area (TPSA) is 25.4 Å². The molecule has 3 atom stereocenters. The quantitative estimate of drug-likeness (QED) is 0.652. The van der Waals surface area contributed by atoms with Crippen LogP contribution in [0, 0.1) is 5.41 Å². The molecule has 3 nitrogen and oxygen atoms in total. The van der Waals surface area contributed by atoms with Crippen molar-refractivity contribution in [1.29, 1.82) is 0 Å². The van der Waals surface area contributed by atoms with E-state index in [-0.39, 0.29) is 17.0 Å². The molecule has 98 valence electrons. The summed E-state index contributed by atoms with van der Waals surface area (Å²) >= 11 is 3.45. The van der Waals surface area contributed by atoms with Crippen LogP contribution >= 0.6 is 32.9 Å². The van der Waals surface area contributed by atoms with E-state index < -0.39 is 0 Å². The van der Waals surface area contributed by atoms with Gasteiger partial charge in [0.1, 0.15) is 16.5 Å². The number of ether oxygens (including phenoxy) is 1. The molecule has 0 saturated carbocycles. The highest BCUT2D eigenvalue weighted by molar-refractivity contribution is 9.10. The summed E-state index contributed by atoms with van der Waals surface area (Å²) in [5.74, 6) is 1.00. The van der Waals surface area contributed by atoms with Gasteiger partial charge in [-0.2, -0.15) is 0 Å². The smallest absolute Gasteiger partial charge is 0.141 e. The number of nitrogens with zero attached hydrogens (tertiary/aromatic N) is 2. The Morgan fingerprint density at radius 1 is 1.39 bits per heavy atom. The number of rotatable bonds is 0. The Balaban J connectivity index is 0.000001000. The predicted octanol–water partition coefficient (Wildman–Crippen LogP) is 2.82. The average molecular weight is 376 g/mol. The molecule has 5 heteroatoms. The number of aromatic nitrogens is 1. The third-order valence-corrected chi connectivity index (χ3v) is 4.98. The van der Waals surface area contributed by atoms with Gasteiger partial charge in [-0.1, -0.05) is 0 Å². The molecule has 0 aliphatic carbocycles. The van der Waals surface area contributed by atoms with Gasteiger partial charge in [-0.15, -0.1) is 17.0 Å². The van der Waals surface area contributed by atoms with E-state index >= 15 is 0 Å². The maximum Gasteiger partial charge on any atom is 0.141 e. The Morgan fingerprint density at radius 3 is 3.17 bits per heavy atom. The lowest BCUT2D eigenvalue weighted by Crippen LogP contribution is -2.50. The molecule has 1 spiro atoms. The van der Waals surface area contributed by atoms with Crippen molar-refractivity contribution >= 4 is 32.9 Å². The molecule has 2 bridgehead atoms. The zero-order valence-electron chi connectivity index (χ0n) is 10.1. The van der Waals surface area contributed by atoms with Gasteiger partial charge in [-0.25, -0.2) is 4.98 Å². The Kier molecular flexibility index (Phi) is 3.19. The molecule has 0 aromatic carbocycles. The molecule has 1 unspecified atom stereocenters. The van der Waals surface area contributed by atoms with Crippen molar-refractivity contribution in [3.8, 4) is 5.75 Å². The van der Waals surface area contributed by atoms with Crippen LogP contribution in [0.5, 0.6) is 5.75 Å². The molecular weight excluding hydrogens is 360 g/mol. The first-order valence-electron chi connectivity index (χ1n) is 6.30. The second-order valence-electron chi connectivity index (χ2n) is 5.54. The summed E-state index contributed by atoms with van der Waals surface area (Å²) in [6.07, 6.45) is 3.95. The average Bonchev–Trinajstić information content (AvgIpc) is 2.64. The second-order valence-corrected chi connectivity index (χ2v) is 6.35. The van der Waals surface area contributed by atoms with E-state index in [1.807, 2.05) is 6.07 Å². The van der Waals surface area contributed by atoms with Crippen molar-refractivity contribution in [3.05, 3.63) is 22.4 Å². The summed E-state index contributed by atoms with van der Waals surface area (Å²) in [7, 11) is 0. The highest BCUT2D eigenvalue weighted by atomic mass is 79.9. The monoisotopic (exact) mass is 374 g/mol. The molecule has 4 heterocycles. The number of halogens is 2. The van der Waals surface area contributed by atoms with Crippen LogP contribution in [-0.2, 0) is 6.42 Å². The predicted molar refractivity (Wildman–Crippen MR) is 78.5 cm³/mol. The van der Waals surface area contributed by atoms with Gasteiger partial charge in [0.25, 0.3) is 0 Å². The molecule has 0 amide bonds. The van der Waals surface area contributed by atoms with Crippen LogP contribution in [0.3, 0.4) is 0 Å². The molecule has 0 N–H and O–H groups in total. The Hall–Kier alpha value is -0.130. The number of hydrogen-bond donors (Lipinski definition) is 0. The first-order chi connectivity index (χ1) is 8.25. The van der Waals surface area contributed by atoms with Crippen LogP contribution in [0.25, 0.3) is 0 Å². The van der Waals surface area contributed by atoms with Crippen molar-refractivity contribution in [2.75, 3.05) is 19.6 Å². The van der Waals surface area contributed by atoms with Crippen molar-refractivity contribution in [2.45, 2.75) is 25.4 Å². The number of pyridine rings is 1. The molecule has 1 aromatic rings. The molecule has 0 radical (unpaired) electrons. The van der Waals surface area contributed by atoms with E-state index in [9.17, 15) is 0 Å². The van der Waals surface area contributed by atoms with Crippen LogP contribution < -0.4 is 4.74 Å². The molecule has 3 aliphatic rings. The molecule has 3 aliphatic heterocycles. The maximum atomic E-state index is 6.20. The largest absolute Gasteiger partial charge is 0.488 e. The normalized spacial score (nSPS) is 36.1. The maximum absolute atomic E-state index is 6.20. The minimum Gasteiger partial charge on any atom is -0.488 e. The van der Waals surface area contributed by atoms with Crippen LogP contribution in [0.1, 0.15) is 18.5 Å². The lowest BCUT2D eigenvalue weighted by atomic mass is 9.73. The van der Waals surface area contributed by atoms with E-state index in [0.717, 1.165) is 22.5 Å². The molecule has 18 heavy (non-hydrogen) atoms. The first kappa shape index (κ1) is 12.9. The fraction of sp³-hybridized carbons (Fsp3) is 0.615. The summed E-state index contributed by atoms with van der Waals surface area (Å²) in [5.41, 5.74) is 1.48.